The van der Waals surface area contributed by atoms with Gasteiger partial charge >= 0.3 is 12.1 Å². The van der Waals surface area contributed by atoms with Gasteiger partial charge in [0.15, 0.2) is 0 Å². The SMILES string of the molecule is C=C(Cl)CONCC(C)NC(=O)c1ccc(-c2noc(C(F)(F)F)n2)cc1. The first-order valence-corrected chi connectivity index (χ1v) is 8.04. The lowest BCUT2D eigenvalue weighted by atomic mass is 10.1. The van der Waals surface area contributed by atoms with Gasteiger partial charge < -0.3 is 9.84 Å². The molecule has 11 heteroatoms. The Bertz CT molecular complexity index is 793. The highest BCUT2D eigenvalue weighted by atomic mass is 35.5. The van der Waals surface area contributed by atoms with Crippen molar-refractivity contribution in [2.45, 2.75) is 19.1 Å². The molecule has 0 saturated heterocycles. The number of nitrogens with zero attached hydrogens (tertiary/aromatic N) is 2. The van der Waals surface area contributed by atoms with Crippen molar-refractivity contribution in [2.24, 2.45) is 0 Å². The normalized spacial score (nSPS) is 12.6. The number of carbonyl (C=O) groups is 1. The van der Waals surface area contributed by atoms with E-state index in [1.165, 1.54) is 24.3 Å². The molecule has 0 spiro atoms. The summed E-state index contributed by atoms with van der Waals surface area (Å²) in [7, 11) is 0. The van der Waals surface area contributed by atoms with Crippen molar-refractivity contribution >= 4 is 17.5 Å². The molecule has 0 fully saturated rings. The molecule has 1 heterocycles. The Morgan fingerprint density at radius 2 is 2.04 bits per heavy atom. The summed E-state index contributed by atoms with van der Waals surface area (Å²) in [5.74, 6) is -2.01. The summed E-state index contributed by atoms with van der Waals surface area (Å²) in [5.41, 5.74) is 3.25. The summed E-state index contributed by atoms with van der Waals surface area (Å²) in [6.45, 7) is 5.69. The van der Waals surface area contributed by atoms with Crippen LogP contribution in [0, 0.1) is 0 Å². The molecule has 0 radical (unpaired) electrons. The average molecular weight is 405 g/mol. The second-order valence-corrected chi connectivity index (χ2v) is 6.06. The van der Waals surface area contributed by atoms with E-state index in [9.17, 15) is 18.0 Å². The monoisotopic (exact) mass is 404 g/mol. The van der Waals surface area contributed by atoms with Crippen LogP contribution in [0.5, 0.6) is 0 Å². The number of aromatic nitrogens is 2. The number of alkyl halides is 3. The fraction of sp³-hybridized carbons (Fsp3) is 0.312. The Balaban J connectivity index is 1.91. The molecule has 0 aliphatic carbocycles. The van der Waals surface area contributed by atoms with Crippen molar-refractivity contribution in [1.29, 1.82) is 0 Å². The van der Waals surface area contributed by atoms with Gasteiger partial charge in [0.2, 0.25) is 5.82 Å². The van der Waals surface area contributed by atoms with Crippen LogP contribution in [0.3, 0.4) is 0 Å². The minimum atomic E-state index is -4.71. The van der Waals surface area contributed by atoms with E-state index < -0.39 is 12.1 Å². The minimum absolute atomic E-state index is 0.135. The number of halogens is 4. The summed E-state index contributed by atoms with van der Waals surface area (Å²) < 4.78 is 41.6. The average Bonchev–Trinajstić information content (AvgIpc) is 3.09. The molecule has 27 heavy (non-hydrogen) atoms. The van der Waals surface area contributed by atoms with E-state index in [0.29, 0.717) is 17.1 Å². The molecule has 146 valence electrons. The maximum Gasteiger partial charge on any atom is 0.471 e. The van der Waals surface area contributed by atoms with Crippen molar-refractivity contribution < 1.29 is 27.3 Å². The largest absolute Gasteiger partial charge is 0.471 e. The van der Waals surface area contributed by atoms with E-state index in [0.717, 1.165) is 0 Å². The summed E-state index contributed by atoms with van der Waals surface area (Å²) in [6, 6.07) is 5.49. The van der Waals surface area contributed by atoms with Gasteiger partial charge in [-0.05, 0) is 19.1 Å². The fourth-order valence-corrected chi connectivity index (χ4v) is 1.95. The van der Waals surface area contributed by atoms with Gasteiger partial charge in [0.1, 0.15) is 6.61 Å². The molecule has 2 N–H and O–H groups in total. The topological polar surface area (TPSA) is 89.3 Å². The molecule has 0 bridgehead atoms. The van der Waals surface area contributed by atoms with Gasteiger partial charge in [0.05, 0.1) is 0 Å². The van der Waals surface area contributed by atoms with Crippen LogP contribution < -0.4 is 10.8 Å². The molecule has 1 aromatic carbocycles. The van der Waals surface area contributed by atoms with Crippen LogP contribution in [-0.2, 0) is 11.0 Å². The number of hydrogen-bond acceptors (Lipinski definition) is 6. The molecule has 1 aromatic heterocycles. The Morgan fingerprint density at radius 3 is 2.59 bits per heavy atom. The second-order valence-electron chi connectivity index (χ2n) is 5.53. The molecule has 1 unspecified atom stereocenters. The van der Waals surface area contributed by atoms with Crippen LogP contribution in [-0.4, -0.2) is 35.2 Å². The van der Waals surface area contributed by atoms with E-state index in [1.54, 1.807) is 6.92 Å². The third-order valence-corrected chi connectivity index (χ3v) is 3.28. The first-order valence-electron chi connectivity index (χ1n) is 7.67. The Labute approximate surface area is 157 Å². The van der Waals surface area contributed by atoms with Crippen LogP contribution in [0.25, 0.3) is 11.4 Å². The highest BCUT2D eigenvalue weighted by molar-refractivity contribution is 6.29. The quantitative estimate of drug-likeness (QED) is 0.519. The lowest BCUT2D eigenvalue weighted by Crippen LogP contribution is -2.40. The third-order valence-electron chi connectivity index (χ3n) is 3.17. The van der Waals surface area contributed by atoms with Crippen LogP contribution >= 0.6 is 11.6 Å². The van der Waals surface area contributed by atoms with E-state index >= 15 is 0 Å². The van der Waals surface area contributed by atoms with Crippen LogP contribution in [0.4, 0.5) is 13.2 Å². The Kier molecular flexibility index (Phi) is 6.94. The molecular formula is C16H16ClF3N4O3. The lowest BCUT2D eigenvalue weighted by molar-refractivity contribution is -0.159. The van der Waals surface area contributed by atoms with Crippen molar-refractivity contribution in [1.82, 2.24) is 20.9 Å². The summed E-state index contributed by atoms with van der Waals surface area (Å²) in [4.78, 5) is 20.5. The highest BCUT2D eigenvalue weighted by Gasteiger charge is 2.38. The van der Waals surface area contributed by atoms with Gasteiger partial charge in [-0.15, -0.1) is 0 Å². The van der Waals surface area contributed by atoms with Gasteiger partial charge in [-0.25, -0.2) is 5.48 Å². The van der Waals surface area contributed by atoms with Crippen LogP contribution in [0.2, 0.25) is 0 Å². The predicted molar refractivity (Wildman–Crippen MR) is 90.6 cm³/mol. The zero-order valence-corrected chi connectivity index (χ0v) is 14.9. The number of rotatable bonds is 8. The first kappa shape index (κ1) is 20.9. The number of hydroxylamine groups is 1. The molecule has 0 saturated carbocycles. The maximum atomic E-state index is 12.5. The van der Waals surface area contributed by atoms with Gasteiger partial charge in [-0.1, -0.05) is 35.5 Å². The third kappa shape index (κ3) is 6.35. The Morgan fingerprint density at radius 1 is 1.37 bits per heavy atom. The van der Waals surface area contributed by atoms with E-state index in [-0.39, 0.29) is 29.9 Å². The lowest BCUT2D eigenvalue weighted by Gasteiger charge is -2.14. The highest BCUT2D eigenvalue weighted by Crippen LogP contribution is 2.29. The molecule has 7 nitrogen and oxygen atoms in total. The van der Waals surface area contributed by atoms with Crippen LogP contribution in [0.15, 0.2) is 40.4 Å². The number of amides is 1. The minimum Gasteiger partial charge on any atom is -0.348 e. The summed E-state index contributed by atoms with van der Waals surface area (Å²) >= 11 is 5.54. The smallest absolute Gasteiger partial charge is 0.348 e. The zero-order chi connectivity index (χ0) is 20.0. The van der Waals surface area contributed by atoms with Gasteiger partial charge in [0.25, 0.3) is 5.91 Å². The predicted octanol–water partition coefficient (Wildman–Crippen LogP) is 3.15. The molecule has 0 aliphatic heterocycles. The van der Waals surface area contributed by atoms with Gasteiger partial charge in [-0.2, -0.15) is 18.2 Å². The zero-order valence-electron chi connectivity index (χ0n) is 14.1. The van der Waals surface area contributed by atoms with Gasteiger partial charge in [0, 0.05) is 28.7 Å². The molecule has 2 rings (SSSR count). The second kappa shape index (κ2) is 8.98. The van der Waals surface area contributed by atoms with Crippen LogP contribution in [0.1, 0.15) is 23.2 Å². The van der Waals surface area contributed by atoms with E-state index in [4.69, 9.17) is 16.4 Å². The van der Waals surface area contributed by atoms with Crippen molar-refractivity contribution in [3.63, 3.8) is 0 Å². The Hall–Kier alpha value is -2.43. The molecule has 0 aliphatic rings. The first-order chi connectivity index (χ1) is 12.7. The number of nitrogens with one attached hydrogen (secondary N) is 2. The van der Waals surface area contributed by atoms with Crippen molar-refractivity contribution in [2.75, 3.05) is 13.2 Å². The summed E-state index contributed by atoms with van der Waals surface area (Å²) in [5, 5.41) is 6.35. The summed E-state index contributed by atoms with van der Waals surface area (Å²) in [6.07, 6.45) is -4.71. The maximum absolute atomic E-state index is 12.5. The number of carbonyl (C=O) groups excluding carboxylic acids is 1. The molecular weight excluding hydrogens is 389 g/mol. The standard InChI is InChI=1S/C16H16ClF3N4O3/c1-9(17)8-26-21-7-10(2)22-14(25)12-5-3-11(4-6-12)13-23-15(27-24-13)16(18,19)20/h3-6,10,21H,1,7-8H2,2H3,(H,22,25). The molecule has 1 atom stereocenters. The fourth-order valence-electron chi connectivity index (χ4n) is 1.90. The number of benzene rings is 1. The van der Waals surface area contributed by atoms with Crippen molar-refractivity contribution in [3.05, 3.63) is 47.3 Å². The van der Waals surface area contributed by atoms with Crippen molar-refractivity contribution in [3.8, 4) is 11.4 Å². The van der Waals surface area contributed by atoms with Gasteiger partial charge in [-0.3, -0.25) is 9.63 Å². The molecule has 2 aromatic rings. The van der Waals surface area contributed by atoms with E-state index in [2.05, 4.69) is 32.0 Å². The number of hydrogen-bond donors (Lipinski definition) is 2. The molecule has 1 amide bonds. The van der Waals surface area contributed by atoms with E-state index in [1.807, 2.05) is 0 Å².